The van der Waals surface area contributed by atoms with E-state index in [-0.39, 0.29) is 10.8 Å². The van der Waals surface area contributed by atoms with Gasteiger partial charge < -0.3 is 4.57 Å². The van der Waals surface area contributed by atoms with Gasteiger partial charge in [-0.1, -0.05) is 113 Å². The number of hydrogen-bond donors (Lipinski definition) is 0. The Balaban J connectivity index is 1.15. The fourth-order valence-corrected chi connectivity index (χ4v) is 11.9. The molecule has 7 aromatic carbocycles. The van der Waals surface area contributed by atoms with Crippen molar-refractivity contribution >= 4 is 95.7 Å². The molecule has 4 aromatic heterocycles. The highest BCUT2D eigenvalue weighted by Crippen LogP contribution is 2.49. The highest BCUT2D eigenvalue weighted by atomic mass is 32.1. The molecule has 0 amide bonds. The zero-order valence-electron chi connectivity index (χ0n) is 32.4. The summed E-state index contributed by atoms with van der Waals surface area (Å²) >= 11 is 3.61. The summed E-state index contributed by atoms with van der Waals surface area (Å²) in [5.74, 6) is 0.743. The van der Waals surface area contributed by atoms with Crippen molar-refractivity contribution in [1.29, 1.82) is 0 Å². The standard InChI is InChI=1S/C52H39N3S2/c1-51(2)23-24-52(3,4)40-29-43-37(28-39(40)51)34-15-7-10-18-41(34)55(43)42-27-32(25-30-13-5-6-14-33(30)42)49-53-48(47-36-17-9-12-20-45(36)57-50(47)54-49)31-21-22-46-38(26-31)35-16-8-11-19-44(35)56-46/h5-22,25-29H,23-24H2,1-4H3. The van der Waals surface area contributed by atoms with Gasteiger partial charge in [-0.15, -0.1) is 22.7 Å². The number of rotatable bonds is 3. The summed E-state index contributed by atoms with van der Waals surface area (Å²) in [7, 11) is 0. The minimum atomic E-state index is 0.0898. The van der Waals surface area contributed by atoms with E-state index < -0.39 is 0 Å². The Morgan fingerprint density at radius 3 is 1.95 bits per heavy atom. The molecule has 0 saturated carbocycles. The van der Waals surface area contributed by atoms with Crippen LogP contribution in [0.3, 0.4) is 0 Å². The van der Waals surface area contributed by atoms with Gasteiger partial charge in [0.25, 0.3) is 0 Å². The van der Waals surface area contributed by atoms with E-state index in [1.807, 2.05) is 11.3 Å². The van der Waals surface area contributed by atoms with Gasteiger partial charge in [0.15, 0.2) is 5.82 Å². The number of aromatic nitrogens is 3. The largest absolute Gasteiger partial charge is 0.309 e. The number of para-hydroxylation sites is 1. The van der Waals surface area contributed by atoms with Crippen LogP contribution in [0.1, 0.15) is 51.7 Å². The summed E-state index contributed by atoms with van der Waals surface area (Å²) in [5, 5.41) is 9.86. The van der Waals surface area contributed by atoms with Gasteiger partial charge >= 0.3 is 0 Å². The SMILES string of the molecule is CC1(C)CCC(C)(C)c2cc3c(cc21)c1ccccc1n3-c1cc(-c2nc(-c3ccc4sc5ccccc5c4c3)c3c(n2)sc2ccccc23)cc2ccccc12. The molecule has 0 N–H and O–H groups in total. The summed E-state index contributed by atoms with van der Waals surface area (Å²) < 4.78 is 6.34. The molecule has 4 heterocycles. The van der Waals surface area contributed by atoms with Crippen molar-refractivity contribution in [3.8, 4) is 28.3 Å². The van der Waals surface area contributed by atoms with E-state index in [1.165, 1.54) is 86.8 Å². The topological polar surface area (TPSA) is 30.7 Å². The molecule has 3 nitrogen and oxygen atoms in total. The Kier molecular flexibility index (Phi) is 6.90. The van der Waals surface area contributed by atoms with Crippen molar-refractivity contribution in [3.05, 3.63) is 151 Å². The number of thiophene rings is 2. The van der Waals surface area contributed by atoms with Crippen molar-refractivity contribution in [2.75, 3.05) is 0 Å². The summed E-state index contributed by atoms with van der Waals surface area (Å²) in [6.45, 7) is 9.69. The second-order valence-corrected chi connectivity index (χ2v) is 19.3. The van der Waals surface area contributed by atoms with Gasteiger partial charge in [0, 0.05) is 62.9 Å². The first-order chi connectivity index (χ1) is 27.7. The average molecular weight is 770 g/mol. The highest BCUT2D eigenvalue weighted by Gasteiger charge is 2.38. The summed E-state index contributed by atoms with van der Waals surface area (Å²) in [6.07, 6.45) is 2.36. The summed E-state index contributed by atoms with van der Waals surface area (Å²) in [6, 6.07) is 51.7. The maximum absolute atomic E-state index is 5.57. The maximum Gasteiger partial charge on any atom is 0.161 e. The molecule has 0 radical (unpaired) electrons. The Hall–Kier alpha value is -5.88. The van der Waals surface area contributed by atoms with Crippen molar-refractivity contribution in [1.82, 2.24) is 14.5 Å². The molecular weight excluding hydrogens is 731 g/mol. The van der Waals surface area contributed by atoms with E-state index in [1.54, 1.807) is 11.3 Å². The number of fused-ring (bicyclic) bond motifs is 11. The van der Waals surface area contributed by atoms with E-state index in [2.05, 4.69) is 172 Å². The van der Waals surface area contributed by atoms with Gasteiger partial charge in [0.05, 0.1) is 22.4 Å². The molecule has 274 valence electrons. The Labute approximate surface area is 338 Å². The van der Waals surface area contributed by atoms with Crippen LogP contribution < -0.4 is 0 Å². The summed E-state index contributed by atoms with van der Waals surface area (Å²) in [4.78, 5) is 12.0. The Morgan fingerprint density at radius 1 is 0.491 bits per heavy atom. The van der Waals surface area contributed by atoms with Crippen molar-refractivity contribution in [3.63, 3.8) is 0 Å². The van der Waals surface area contributed by atoms with Crippen molar-refractivity contribution in [2.24, 2.45) is 0 Å². The normalized spacial score (nSPS) is 15.2. The van der Waals surface area contributed by atoms with Crippen LogP contribution in [0.4, 0.5) is 0 Å². The van der Waals surface area contributed by atoms with E-state index in [9.17, 15) is 0 Å². The second-order valence-electron chi connectivity index (χ2n) is 17.2. The third-order valence-electron chi connectivity index (χ3n) is 12.9. The molecule has 0 saturated heterocycles. The second kappa shape index (κ2) is 11.8. The molecule has 12 rings (SSSR count). The van der Waals surface area contributed by atoms with Gasteiger partial charge in [0.1, 0.15) is 4.83 Å². The zero-order valence-corrected chi connectivity index (χ0v) is 34.0. The minimum Gasteiger partial charge on any atom is -0.309 e. The molecule has 1 aliphatic carbocycles. The lowest BCUT2D eigenvalue weighted by Crippen LogP contribution is -2.33. The predicted octanol–water partition coefficient (Wildman–Crippen LogP) is 15.1. The molecule has 5 heteroatoms. The molecule has 0 bridgehead atoms. The van der Waals surface area contributed by atoms with Gasteiger partial charge in [0.2, 0.25) is 0 Å². The lowest BCUT2D eigenvalue weighted by atomic mass is 9.63. The fourth-order valence-electron chi connectivity index (χ4n) is 9.73. The van der Waals surface area contributed by atoms with E-state index in [0.717, 1.165) is 38.5 Å². The molecular formula is C52H39N3S2. The molecule has 0 spiro atoms. The number of nitrogens with zero attached hydrogens (tertiary/aromatic N) is 3. The lowest BCUT2D eigenvalue weighted by Gasteiger charge is -2.42. The Bertz CT molecular complexity index is 3490. The van der Waals surface area contributed by atoms with Crippen LogP contribution in [-0.4, -0.2) is 14.5 Å². The third-order valence-corrected chi connectivity index (χ3v) is 15.1. The van der Waals surface area contributed by atoms with Gasteiger partial charge in [-0.3, -0.25) is 0 Å². The van der Waals surface area contributed by atoms with Gasteiger partial charge in [-0.25, -0.2) is 9.97 Å². The first-order valence-electron chi connectivity index (χ1n) is 19.9. The monoisotopic (exact) mass is 769 g/mol. The first kappa shape index (κ1) is 33.3. The van der Waals surface area contributed by atoms with Crippen LogP contribution in [0.5, 0.6) is 0 Å². The van der Waals surface area contributed by atoms with Crippen LogP contribution in [0.2, 0.25) is 0 Å². The van der Waals surface area contributed by atoms with E-state index >= 15 is 0 Å². The number of hydrogen-bond acceptors (Lipinski definition) is 4. The summed E-state index contributed by atoms with van der Waals surface area (Å²) in [5.41, 5.74) is 9.88. The van der Waals surface area contributed by atoms with Gasteiger partial charge in [-0.05, 0) is 94.8 Å². The first-order valence-corrected chi connectivity index (χ1v) is 21.6. The molecule has 0 aliphatic heterocycles. The van der Waals surface area contributed by atoms with E-state index in [4.69, 9.17) is 9.97 Å². The lowest BCUT2D eigenvalue weighted by molar-refractivity contribution is 0.332. The highest BCUT2D eigenvalue weighted by molar-refractivity contribution is 7.26. The maximum atomic E-state index is 5.57. The van der Waals surface area contributed by atoms with Gasteiger partial charge in [-0.2, -0.15) is 0 Å². The minimum absolute atomic E-state index is 0.0898. The molecule has 0 fully saturated rings. The Morgan fingerprint density at radius 2 is 1.14 bits per heavy atom. The van der Waals surface area contributed by atoms with Crippen molar-refractivity contribution < 1.29 is 0 Å². The number of benzene rings is 7. The average Bonchev–Trinajstić information content (AvgIpc) is 3.90. The van der Waals surface area contributed by atoms with E-state index in [0.29, 0.717) is 0 Å². The van der Waals surface area contributed by atoms with Crippen LogP contribution in [-0.2, 0) is 10.8 Å². The zero-order chi connectivity index (χ0) is 38.2. The molecule has 0 atom stereocenters. The quantitative estimate of drug-likeness (QED) is 0.179. The van der Waals surface area contributed by atoms with Crippen LogP contribution in [0.25, 0.3) is 101 Å². The van der Waals surface area contributed by atoms with Crippen LogP contribution in [0.15, 0.2) is 140 Å². The molecule has 11 aromatic rings. The fraction of sp³-hybridized carbons (Fsp3) is 0.154. The third kappa shape index (κ3) is 4.89. The van der Waals surface area contributed by atoms with Crippen LogP contribution >= 0.6 is 22.7 Å². The smallest absolute Gasteiger partial charge is 0.161 e. The molecule has 57 heavy (non-hydrogen) atoms. The predicted molar refractivity (Wildman–Crippen MR) is 246 cm³/mol. The van der Waals surface area contributed by atoms with Crippen LogP contribution in [0, 0.1) is 0 Å². The molecule has 0 unspecified atom stereocenters. The van der Waals surface area contributed by atoms with Crippen molar-refractivity contribution in [2.45, 2.75) is 51.4 Å². The molecule has 1 aliphatic rings.